The number of nitrogens with zero attached hydrogens (tertiary/aromatic N) is 1. The Morgan fingerprint density at radius 3 is 2.08 bits per heavy atom. The predicted molar refractivity (Wildman–Crippen MR) is 102 cm³/mol. The van der Waals surface area contributed by atoms with Crippen LogP contribution in [0.4, 0.5) is 0 Å². The van der Waals surface area contributed by atoms with E-state index < -0.39 is 10.1 Å². The molecule has 6 heteroatoms. The number of rotatable bonds is 4. The highest BCUT2D eigenvalue weighted by molar-refractivity contribution is 9.10. The van der Waals surface area contributed by atoms with Crippen LogP contribution < -0.4 is 0 Å². The van der Waals surface area contributed by atoms with E-state index in [1.54, 1.807) is 12.1 Å². The summed E-state index contributed by atoms with van der Waals surface area (Å²) in [6.45, 7) is 4.08. The summed E-state index contributed by atoms with van der Waals surface area (Å²) in [4.78, 5) is 2.17. The van der Waals surface area contributed by atoms with E-state index in [2.05, 4.69) is 60.0 Å². The quantitative estimate of drug-likeness (QED) is 0.763. The number of likely N-dealkylation sites (N-methyl/N-ethyl adjacent to an activating group) is 1. The summed E-state index contributed by atoms with van der Waals surface area (Å²) in [6, 6.07) is 15.0. The van der Waals surface area contributed by atoms with E-state index >= 15 is 0 Å². The lowest BCUT2D eigenvalue weighted by Crippen LogP contribution is -2.26. The van der Waals surface area contributed by atoms with Crippen molar-refractivity contribution < 1.29 is 13.0 Å². The molecule has 0 aromatic heterocycles. The largest absolute Gasteiger partial charge is 0.306 e. The fraction of sp³-hybridized carbons (Fsp3) is 0.333. The molecule has 1 atom stereocenters. The molecule has 0 saturated heterocycles. The van der Waals surface area contributed by atoms with E-state index in [9.17, 15) is 8.42 Å². The highest BCUT2D eigenvalue weighted by atomic mass is 79.9. The van der Waals surface area contributed by atoms with Gasteiger partial charge in [0.2, 0.25) is 0 Å². The molecule has 0 spiro atoms. The lowest BCUT2D eigenvalue weighted by molar-refractivity contribution is 0.312. The van der Waals surface area contributed by atoms with Crippen molar-refractivity contribution in [2.24, 2.45) is 0 Å². The smallest absolute Gasteiger partial charge is 0.294 e. The molecular formula is C18H24BrNO3S. The highest BCUT2D eigenvalue weighted by Gasteiger charge is 2.07. The minimum Gasteiger partial charge on any atom is -0.306 e. The maximum Gasteiger partial charge on any atom is 0.294 e. The van der Waals surface area contributed by atoms with Gasteiger partial charge in [-0.1, -0.05) is 51.8 Å². The van der Waals surface area contributed by atoms with Crippen molar-refractivity contribution in [1.82, 2.24) is 4.90 Å². The molecule has 0 aliphatic rings. The van der Waals surface area contributed by atoms with Crippen molar-refractivity contribution in [3.8, 4) is 0 Å². The van der Waals surface area contributed by atoms with Crippen molar-refractivity contribution >= 4 is 26.0 Å². The van der Waals surface area contributed by atoms with Gasteiger partial charge in [-0.2, -0.15) is 8.42 Å². The van der Waals surface area contributed by atoms with Gasteiger partial charge < -0.3 is 4.90 Å². The van der Waals surface area contributed by atoms with Gasteiger partial charge in [0.25, 0.3) is 10.1 Å². The second-order valence-electron chi connectivity index (χ2n) is 5.90. The highest BCUT2D eigenvalue weighted by Crippen LogP contribution is 2.18. The summed E-state index contributed by atoms with van der Waals surface area (Å²) in [6.07, 6.45) is 1.09. The SMILES string of the molecule is CC(Cc1ccccc1Br)N(C)C.Cc1ccc(S(=O)(=O)O)cc1. The third-order valence-corrected chi connectivity index (χ3v) is 5.32. The van der Waals surface area contributed by atoms with Gasteiger partial charge in [0.1, 0.15) is 0 Å². The van der Waals surface area contributed by atoms with Crippen molar-refractivity contribution in [2.45, 2.75) is 31.2 Å². The zero-order valence-corrected chi connectivity index (χ0v) is 16.8. The summed E-state index contributed by atoms with van der Waals surface area (Å²) in [5.41, 5.74) is 2.33. The molecule has 0 aliphatic carbocycles. The van der Waals surface area contributed by atoms with Gasteiger partial charge in [-0.15, -0.1) is 0 Å². The first-order valence-corrected chi connectivity index (χ1v) is 9.78. The van der Waals surface area contributed by atoms with Crippen molar-refractivity contribution in [3.63, 3.8) is 0 Å². The Balaban J connectivity index is 0.000000243. The molecule has 0 heterocycles. The predicted octanol–water partition coefficient (Wildman–Crippen LogP) is 4.18. The Hall–Kier alpha value is -1.21. The van der Waals surface area contributed by atoms with Gasteiger partial charge in [0, 0.05) is 10.5 Å². The summed E-state index contributed by atoms with van der Waals surface area (Å²) in [5, 5.41) is 0. The maximum atomic E-state index is 10.5. The summed E-state index contributed by atoms with van der Waals surface area (Å²) in [7, 11) is 0.206. The minimum atomic E-state index is -4.02. The summed E-state index contributed by atoms with van der Waals surface area (Å²) in [5.74, 6) is 0. The van der Waals surface area contributed by atoms with Crippen LogP contribution in [0.15, 0.2) is 57.9 Å². The lowest BCUT2D eigenvalue weighted by atomic mass is 10.1. The molecule has 0 radical (unpaired) electrons. The molecule has 1 unspecified atom stereocenters. The molecule has 0 aliphatic heterocycles. The van der Waals surface area contributed by atoms with E-state index in [0.717, 1.165) is 12.0 Å². The van der Waals surface area contributed by atoms with Gasteiger partial charge in [0.15, 0.2) is 0 Å². The molecule has 1 N–H and O–H groups in total. The number of hydrogen-bond donors (Lipinski definition) is 1. The zero-order valence-electron chi connectivity index (χ0n) is 14.4. The first-order valence-electron chi connectivity index (χ1n) is 7.55. The van der Waals surface area contributed by atoms with E-state index in [1.807, 2.05) is 13.0 Å². The number of halogens is 1. The van der Waals surface area contributed by atoms with Crippen LogP contribution in [-0.4, -0.2) is 38.0 Å². The van der Waals surface area contributed by atoms with Crippen LogP contribution in [0.5, 0.6) is 0 Å². The van der Waals surface area contributed by atoms with E-state index in [4.69, 9.17) is 4.55 Å². The topological polar surface area (TPSA) is 57.6 Å². The van der Waals surface area contributed by atoms with Crippen LogP contribution in [0.2, 0.25) is 0 Å². The van der Waals surface area contributed by atoms with Crippen LogP contribution in [0.1, 0.15) is 18.1 Å². The third kappa shape index (κ3) is 7.13. The molecule has 0 saturated carbocycles. The molecule has 2 aromatic carbocycles. The normalized spacial score (nSPS) is 12.5. The average molecular weight is 414 g/mol. The molecule has 2 aromatic rings. The number of aryl methyl sites for hydroxylation is 1. The Morgan fingerprint density at radius 1 is 1.08 bits per heavy atom. The average Bonchev–Trinajstić information content (AvgIpc) is 2.49. The van der Waals surface area contributed by atoms with Crippen molar-refractivity contribution in [3.05, 3.63) is 64.1 Å². The first kappa shape index (κ1) is 20.8. The third-order valence-electron chi connectivity index (χ3n) is 3.67. The van der Waals surface area contributed by atoms with Gasteiger partial charge in [-0.25, -0.2) is 0 Å². The van der Waals surface area contributed by atoms with E-state index in [1.165, 1.54) is 22.2 Å². The Kier molecular flexibility index (Phi) is 8.09. The summed E-state index contributed by atoms with van der Waals surface area (Å²) < 4.78 is 30.8. The van der Waals surface area contributed by atoms with Gasteiger partial charge >= 0.3 is 0 Å². The Bertz CT molecular complexity index is 743. The fourth-order valence-electron chi connectivity index (χ4n) is 1.88. The maximum absolute atomic E-state index is 10.5. The Labute approximate surface area is 153 Å². The van der Waals surface area contributed by atoms with Gasteiger partial charge in [-0.3, -0.25) is 4.55 Å². The number of hydrogen-bond acceptors (Lipinski definition) is 3. The van der Waals surface area contributed by atoms with Gasteiger partial charge in [-0.05, 0) is 58.1 Å². The molecular weight excluding hydrogens is 390 g/mol. The molecule has 0 amide bonds. The van der Waals surface area contributed by atoms with Crippen LogP contribution in [-0.2, 0) is 16.5 Å². The molecule has 132 valence electrons. The summed E-state index contributed by atoms with van der Waals surface area (Å²) >= 11 is 3.56. The second kappa shape index (κ2) is 9.32. The zero-order chi connectivity index (χ0) is 18.3. The molecule has 0 bridgehead atoms. The lowest BCUT2D eigenvalue weighted by Gasteiger charge is -2.20. The van der Waals surface area contributed by atoms with Gasteiger partial charge in [0.05, 0.1) is 4.90 Å². The molecule has 4 nitrogen and oxygen atoms in total. The first-order chi connectivity index (χ1) is 11.1. The van der Waals surface area contributed by atoms with Crippen LogP contribution in [0.3, 0.4) is 0 Å². The molecule has 0 fully saturated rings. The second-order valence-corrected chi connectivity index (χ2v) is 8.17. The van der Waals surface area contributed by atoms with E-state index in [-0.39, 0.29) is 4.90 Å². The fourth-order valence-corrected chi connectivity index (χ4v) is 2.80. The Morgan fingerprint density at radius 2 is 1.62 bits per heavy atom. The van der Waals surface area contributed by atoms with Crippen LogP contribution in [0, 0.1) is 6.92 Å². The molecule has 24 heavy (non-hydrogen) atoms. The standard InChI is InChI=1S/C11H16BrN.C7H8O3S/c1-9(13(2)3)8-10-6-4-5-7-11(10)12;1-6-2-4-7(5-3-6)11(8,9)10/h4-7,9H,8H2,1-3H3;2-5H,1H3,(H,8,9,10). The van der Waals surface area contributed by atoms with Crippen molar-refractivity contribution in [2.75, 3.05) is 14.1 Å². The van der Waals surface area contributed by atoms with Crippen molar-refractivity contribution in [1.29, 1.82) is 0 Å². The number of benzene rings is 2. The van der Waals surface area contributed by atoms with Crippen LogP contribution in [0.25, 0.3) is 0 Å². The minimum absolute atomic E-state index is 0.0666. The monoisotopic (exact) mass is 413 g/mol. The van der Waals surface area contributed by atoms with Crippen LogP contribution >= 0.6 is 15.9 Å². The molecule has 2 rings (SSSR count). The van der Waals surface area contributed by atoms with E-state index in [0.29, 0.717) is 6.04 Å².